The summed E-state index contributed by atoms with van der Waals surface area (Å²) in [6, 6.07) is 64.0. The Balaban J connectivity index is 1.16. The SMILES string of the molecule is c1ccc(N(c2ccc(-c3cccc4ccc(-c5ccc6ccccc6c5)cc34)cc2)c2cccc3sc4ccccc4c23)cc1. The first kappa shape index (κ1) is 26.7. The van der Waals surface area contributed by atoms with Gasteiger partial charge in [-0.05, 0) is 98.4 Å². The highest BCUT2D eigenvalue weighted by Gasteiger charge is 2.18. The van der Waals surface area contributed by atoms with E-state index >= 15 is 0 Å². The van der Waals surface area contributed by atoms with Gasteiger partial charge in [0.05, 0.1) is 5.69 Å². The molecule has 9 aromatic rings. The highest BCUT2D eigenvalue weighted by molar-refractivity contribution is 7.26. The predicted molar refractivity (Wildman–Crippen MR) is 200 cm³/mol. The van der Waals surface area contributed by atoms with Gasteiger partial charge in [0.1, 0.15) is 0 Å². The number of rotatable bonds is 5. The van der Waals surface area contributed by atoms with Crippen LogP contribution in [-0.2, 0) is 0 Å². The first-order chi connectivity index (χ1) is 22.8. The second kappa shape index (κ2) is 11.0. The van der Waals surface area contributed by atoms with Crippen LogP contribution in [-0.4, -0.2) is 0 Å². The summed E-state index contributed by atoms with van der Waals surface area (Å²) in [4.78, 5) is 2.40. The molecule has 0 aliphatic rings. The third kappa shape index (κ3) is 4.54. The molecule has 0 fully saturated rings. The zero-order chi connectivity index (χ0) is 30.5. The average Bonchev–Trinajstić information content (AvgIpc) is 3.51. The quantitative estimate of drug-likeness (QED) is 0.189. The van der Waals surface area contributed by atoms with Crippen LogP contribution in [0.15, 0.2) is 176 Å². The zero-order valence-electron chi connectivity index (χ0n) is 25.1. The third-order valence-corrected chi connectivity index (χ3v) is 10.2. The van der Waals surface area contributed by atoms with Gasteiger partial charge in [0.2, 0.25) is 0 Å². The Morgan fingerprint density at radius 3 is 1.87 bits per heavy atom. The molecule has 0 aliphatic carbocycles. The maximum Gasteiger partial charge on any atom is 0.0554 e. The van der Waals surface area contributed by atoms with E-state index < -0.39 is 0 Å². The van der Waals surface area contributed by atoms with Crippen molar-refractivity contribution < 1.29 is 0 Å². The Morgan fingerprint density at radius 1 is 0.370 bits per heavy atom. The molecule has 1 heterocycles. The minimum absolute atomic E-state index is 1.13. The van der Waals surface area contributed by atoms with Gasteiger partial charge in [-0.3, -0.25) is 0 Å². The van der Waals surface area contributed by atoms with Crippen molar-refractivity contribution in [1.29, 1.82) is 0 Å². The van der Waals surface area contributed by atoms with Crippen molar-refractivity contribution >= 4 is 70.1 Å². The third-order valence-electron chi connectivity index (χ3n) is 9.04. The molecule has 46 heavy (non-hydrogen) atoms. The summed E-state index contributed by atoms with van der Waals surface area (Å²) in [5.41, 5.74) is 8.38. The molecule has 2 heteroatoms. The normalized spacial score (nSPS) is 11.5. The Labute approximate surface area is 272 Å². The van der Waals surface area contributed by atoms with Gasteiger partial charge in [-0.1, -0.05) is 121 Å². The Bertz CT molecular complexity index is 2530. The molecule has 0 saturated carbocycles. The molecule has 0 N–H and O–H groups in total. The Morgan fingerprint density at radius 2 is 1.00 bits per heavy atom. The van der Waals surface area contributed by atoms with Crippen LogP contribution in [0.1, 0.15) is 0 Å². The minimum Gasteiger partial charge on any atom is -0.310 e. The molecule has 0 radical (unpaired) electrons. The van der Waals surface area contributed by atoms with Gasteiger partial charge in [0, 0.05) is 31.5 Å². The van der Waals surface area contributed by atoms with Crippen LogP contribution in [0.5, 0.6) is 0 Å². The number of para-hydroxylation sites is 1. The molecule has 0 amide bonds. The maximum atomic E-state index is 2.40. The smallest absolute Gasteiger partial charge is 0.0554 e. The number of hydrogen-bond acceptors (Lipinski definition) is 2. The van der Waals surface area contributed by atoms with Gasteiger partial charge < -0.3 is 4.90 Å². The number of thiophene rings is 1. The summed E-state index contributed by atoms with van der Waals surface area (Å²) in [6.07, 6.45) is 0. The van der Waals surface area contributed by atoms with Gasteiger partial charge in [-0.25, -0.2) is 0 Å². The summed E-state index contributed by atoms with van der Waals surface area (Å²) in [6.45, 7) is 0. The minimum atomic E-state index is 1.13. The van der Waals surface area contributed by atoms with Gasteiger partial charge in [0.25, 0.3) is 0 Å². The van der Waals surface area contributed by atoms with Crippen molar-refractivity contribution in [1.82, 2.24) is 0 Å². The molecule has 0 unspecified atom stereocenters. The first-order valence-corrected chi connectivity index (χ1v) is 16.5. The maximum absolute atomic E-state index is 2.40. The van der Waals surface area contributed by atoms with E-state index in [1.165, 1.54) is 69.7 Å². The van der Waals surface area contributed by atoms with Crippen molar-refractivity contribution in [2.75, 3.05) is 4.90 Å². The summed E-state index contributed by atoms with van der Waals surface area (Å²) >= 11 is 1.86. The standard InChI is InChI=1S/C44H29NS/c1-2-13-36(14-3-1)45(41-17-9-19-43-44(41)39-15-6-7-18-42(39)46-43)37-26-24-32(25-27-37)38-16-8-12-31-21-23-35(29-40(31)38)34-22-20-30-10-4-5-11-33(30)28-34/h1-29H. The summed E-state index contributed by atoms with van der Waals surface area (Å²) in [5.74, 6) is 0. The molecule has 0 spiro atoms. The zero-order valence-corrected chi connectivity index (χ0v) is 25.9. The van der Waals surface area contributed by atoms with Crippen LogP contribution < -0.4 is 4.90 Å². The molecule has 1 aromatic heterocycles. The van der Waals surface area contributed by atoms with Crippen LogP contribution in [0, 0.1) is 0 Å². The van der Waals surface area contributed by atoms with Crippen LogP contribution in [0.4, 0.5) is 17.1 Å². The van der Waals surface area contributed by atoms with E-state index in [9.17, 15) is 0 Å². The lowest BCUT2D eigenvalue weighted by molar-refractivity contribution is 1.30. The van der Waals surface area contributed by atoms with Crippen LogP contribution >= 0.6 is 11.3 Å². The summed E-state index contributed by atoms with van der Waals surface area (Å²) < 4.78 is 2.61. The fourth-order valence-corrected chi connectivity index (χ4v) is 7.94. The second-order valence-electron chi connectivity index (χ2n) is 11.8. The van der Waals surface area contributed by atoms with E-state index in [-0.39, 0.29) is 0 Å². The second-order valence-corrected chi connectivity index (χ2v) is 12.9. The molecule has 216 valence electrons. The van der Waals surface area contributed by atoms with Gasteiger partial charge in [-0.2, -0.15) is 0 Å². The fourth-order valence-electron chi connectivity index (χ4n) is 6.81. The number of anilines is 3. The lowest BCUT2D eigenvalue weighted by Gasteiger charge is -2.26. The molecule has 0 saturated heterocycles. The highest BCUT2D eigenvalue weighted by Crippen LogP contribution is 2.45. The van der Waals surface area contributed by atoms with Crippen molar-refractivity contribution in [3.8, 4) is 22.3 Å². The van der Waals surface area contributed by atoms with Crippen LogP contribution in [0.3, 0.4) is 0 Å². The van der Waals surface area contributed by atoms with E-state index in [1.54, 1.807) is 0 Å². The number of fused-ring (bicyclic) bond motifs is 5. The van der Waals surface area contributed by atoms with E-state index in [1.807, 2.05) is 11.3 Å². The molecular formula is C44H29NS. The average molecular weight is 604 g/mol. The fraction of sp³-hybridized carbons (Fsp3) is 0. The lowest BCUT2D eigenvalue weighted by atomic mass is 9.94. The Kier molecular flexibility index (Phi) is 6.40. The topological polar surface area (TPSA) is 3.24 Å². The van der Waals surface area contributed by atoms with E-state index in [2.05, 4.69) is 181 Å². The molecule has 9 rings (SSSR count). The van der Waals surface area contributed by atoms with Gasteiger partial charge in [-0.15, -0.1) is 11.3 Å². The van der Waals surface area contributed by atoms with Crippen LogP contribution in [0.2, 0.25) is 0 Å². The van der Waals surface area contributed by atoms with Crippen molar-refractivity contribution in [3.63, 3.8) is 0 Å². The van der Waals surface area contributed by atoms with Crippen molar-refractivity contribution in [2.45, 2.75) is 0 Å². The number of hydrogen-bond donors (Lipinski definition) is 0. The highest BCUT2D eigenvalue weighted by atomic mass is 32.1. The summed E-state index contributed by atoms with van der Waals surface area (Å²) in [7, 11) is 0. The summed E-state index contributed by atoms with van der Waals surface area (Å²) in [5, 5.41) is 7.63. The predicted octanol–water partition coefficient (Wildman–Crippen LogP) is 13.2. The van der Waals surface area contributed by atoms with Gasteiger partial charge >= 0.3 is 0 Å². The molecule has 8 aromatic carbocycles. The molecule has 1 nitrogen and oxygen atoms in total. The molecule has 0 bridgehead atoms. The van der Waals surface area contributed by atoms with Crippen molar-refractivity contribution in [2.24, 2.45) is 0 Å². The lowest BCUT2D eigenvalue weighted by Crippen LogP contribution is -2.10. The van der Waals surface area contributed by atoms with E-state index in [0.717, 1.165) is 11.4 Å². The number of nitrogens with zero attached hydrogens (tertiary/aromatic N) is 1. The molecular weight excluding hydrogens is 575 g/mol. The largest absolute Gasteiger partial charge is 0.310 e. The molecule has 0 aliphatic heterocycles. The molecule has 0 atom stereocenters. The van der Waals surface area contributed by atoms with Crippen LogP contribution in [0.25, 0.3) is 64.0 Å². The monoisotopic (exact) mass is 603 g/mol. The van der Waals surface area contributed by atoms with Gasteiger partial charge in [0.15, 0.2) is 0 Å². The van der Waals surface area contributed by atoms with E-state index in [0.29, 0.717) is 0 Å². The van der Waals surface area contributed by atoms with E-state index in [4.69, 9.17) is 0 Å². The first-order valence-electron chi connectivity index (χ1n) is 15.7. The van der Waals surface area contributed by atoms with Crippen molar-refractivity contribution in [3.05, 3.63) is 176 Å². The Hall–Kier alpha value is -5.70. The number of benzene rings is 8.